The lowest BCUT2D eigenvalue weighted by atomic mass is 9.84. The van der Waals surface area contributed by atoms with Gasteiger partial charge in [-0.2, -0.15) is 0 Å². The number of benzene rings is 1. The topological polar surface area (TPSA) is 118 Å². The van der Waals surface area contributed by atoms with E-state index in [-0.39, 0.29) is 25.2 Å². The Labute approximate surface area is 229 Å². The fraction of sp³-hybridized carbons (Fsp3) is 0.679. The number of hydroxylamine groups is 2. The maximum atomic E-state index is 13.4. The Balaban J connectivity index is 1.62. The minimum Gasteiger partial charge on any atom is -0.493 e. The number of methoxy groups -OCH3 is 1. The smallest absolute Gasteiger partial charge is 0.308 e. The van der Waals surface area contributed by atoms with Crippen LogP contribution in [0, 0.1) is 5.92 Å². The van der Waals surface area contributed by atoms with Crippen LogP contribution in [0.15, 0.2) is 12.1 Å². The molecule has 2 amide bonds. The zero-order chi connectivity index (χ0) is 27.9. The largest absolute Gasteiger partial charge is 0.493 e. The lowest BCUT2D eigenvalue weighted by Crippen LogP contribution is -2.45. The summed E-state index contributed by atoms with van der Waals surface area (Å²) in [5.74, 6) is -0.737. The van der Waals surface area contributed by atoms with E-state index in [0.717, 1.165) is 31.2 Å². The maximum Gasteiger partial charge on any atom is 0.308 e. The van der Waals surface area contributed by atoms with Crippen LogP contribution in [0.1, 0.15) is 63.9 Å². The van der Waals surface area contributed by atoms with Crippen molar-refractivity contribution < 1.29 is 38.5 Å². The molecule has 0 aromatic heterocycles. The summed E-state index contributed by atoms with van der Waals surface area (Å²) in [7, 11) is 1.53. The van der Waals surface area contributed by atoms with Crippen molar-refractivity contribution >= 4 is 17.8 Å². The molecule has 1 aromatic carbocycles. The third-order valence-electron chi connectivity index (χ3n) is 7.79. The third kappa shape index (κ3) is 6.58. The number of nitrogens with zero attached hydrogens (tertiary/aromatic N) is 3. The first-order valence-corrected chi connectivity index (χ1v) is 14.0. The highest BCUT2D eigenvalue weighted by molar-refractivity contribution is 5.79. The number of hydrogen-bond acceptors (Lipinski definition) is 8. The van der Waals surface area contributed by atoms with Gasteiger partial charge in [0.05, 0.1) is 26.2 Å². The van der Waals surface area contributed by atoms with Crippen LogP contribution in [0.2, 0.25) is 0 Å². The fourth-order valence-corrected chi connectivity index (χ4v) is 5.80. The van der Waals surface area contributed by atoms with Gasteiger partial charge in [-0.05, 0) is 43.4 Å². The van der Waals surface area contributed by atoms with Crippen LogP contribution in [0.3, 0.4) is 0 Å². The monoisotopic (exact) mass is 547 g/mol. The summed E-state index contributed by atoms with van der Waals surface area (Å²) < 4.78 is 16.6. The fourth-order valence-electron chi connectivity index (χ4n) is 5.80. The highest BCUT2D eigenvalue weighted by Crippen LogP contribution is 2.47. The number of unbranched alkanes of at least 4 members (excludes halogenated alkanes) is 1. The molecule has 1 aromatic rings. The summed E-state index contributed by atoms with van der Waals surface area (Å²) in [6.45, 7) is 6.57. The molecule has 2 saturated heterocycles. The Kier molecular flexibility index (Phi) is 9.90. The molecule has 1 N–H and O–H groups in total. The summed E-state index contributed by atoms with van der Waals surface area (Å²) in [6.07, 6.45) is 4.31. The van der Waals surface area contributed by atoms with Crippen molar-refractivity contribution in [1.29, 1.82) is 0 Å². The number of carboxylic acids is 1. The van der Waals surface area contributed by atoms with Crippen molar-refractivity contribution in [1.82, 2.24) is 14.9 Å². The number of carbonyl (C=O) groups is 3. The third-order valence-corrected chi connectivity index (χ3v) is 7.79. The number of aliphatic carboxylic acids is 1. The molecule has 2 fully saturated rings. The van der Waals surface area contributed by atoms with Gasteiger partial charge >= 0.3 is 5.97 Å². The molecule has 3 atom stereocenters. The first-order valence-electron chi connectivity index (χ1n) is 14.0. The van der Waals surface area contributed by atoms with Crippen molar-refractivity contribution in [3.05, 3.63) is 17.7 Å². The van der Waals surface area contributed by atoms with Gasteiger partial charge in [-0.1, -0.05) is 20.3 Å². The van der Waals surface area contributed by atoms with Gasteiger partial charge in [-0.25, -0.2) is 5.06 Å². The minimum atomic E-state index is -0.936. The second-order valence-electron chi connectivity index (χ2n) is 10.4. The van der Waals surface area contributed by atoms with Gasteiger partial charge in [0.15, 0.2) is 11.5 Å². The molecule has 0 spiro atoms. The van der Waals surface area contributed by atoms with Crippen LogP contribution in [-0.2, 0) is 19.2 Å². The number of carboxylic acid groups (broad SMARTS) is 1. The molecule has 3 heterocycles. The van der Waals surface area contributed by atoms with Gasteiger partial charge in [0.25, 0.3) is 5.91 Å². The van der Waals surface area contributed by atoms with E-state index in [2.05, 4.69) is 6.92 Å². The van der Waals surface area contributed by atoms with Crippen molar-refractivity contribution in [3.8, 4) is 17.2 Å². The molecule has 39 heavy (non-hydrogen) atoms. The first-order chi connectivity index (χ1) is 18.9. The highest BCUT2D eigenvalue weighted by Gasteiger charge is 2.48. The Morgan fingerprint density at radius 1 is 1.21 bits per heavy atom. The molecule has 4 rings (SSSR count). The van der Waals surface area contributed by atoms with E-state index in [1.807, 2.05) is 17.9 Å². The van der Waals surface area contributed by atoms with E-state index >= 15 is 0 Å². The van der Waals surface area contributed by atoms with Gasteiger partial charge in [-0.3, -0.25) is 24.1 Å². The summed E-state index contributed by atoms with van der Waals surface area (Å²) in [5, 5.41) is 11.9. The van der Waals surface area contributed by atoms with E-state index in [9.17, 15) is 19.5 Å². The zero-order valence-corrected chi connectivity index (χ0v) is 23.2. The summed E-state index contributed by atoms with van der Waals surface area (Å²) in [5.41, 5.74) is 0.755. The van der Waals surface area contributed by atoms with Crippen LogP contribution in [0.4, 0.5) is 0 Å². The molecule has 0 bridgehead atoms. The van der Waals surface area contributed by atoms with Gasteiger partial charge < -0.3 is 24.2 Å². The lowest BCUT2D eigenvalue weighted by molar-refractivity contribution is -0.188. The maximum absolute atomic E-state index is 13.4. The highest BCUT2D eigenvalue weighted by atomic mass is 16.7. The van der Waals surface area contributed by atoms with E-state index in [0.29, 0.717) is 62.9 Å². The number of ether oxygens (including phenoxy) is 3. The first kappa shape index (κ1) is 28.9. The van der Waals surface area contributed by atoms with Crippen LogP contribution < -0.4 is 14.2 Å². The van der Waals surface area contributed by atoms with Crippen LogP contribution in [-0.4, -0.2) is 97.0 Å². The summed E-state index contributed by atoms with van der Waals surface area (Å²) >= 11 is 0. The van der Waals surface area contributed by atoms with Crippen molar-refractivity contribution in [2.45, 2.75) is 64.3 Å². The Hall–Kier alpha value is -3.05. The average molecular weight is 548 g/mol. The standard InChI is InChI=1S/C28H41N3O8/c1-4-6-11-31(39-13-5-2)25(33)17-30-16-20(19-14-22(36-3)27-23(15-19)37-18-38-27)26(28(34)35)21(30)9-12-29-10-7-8-24(29)32/h14-15,20-21,26H,4-13,16-18H2,1-3H3,(H,34,35)/t20-,21-,26+/m1/s1. The Morgan fingerprint density at radius 3 is 2.69 bits per heavy atom. The number of fused-ring (bicyclic) bond motifs is 1. The molecule has 0 aliphatic carbocycles. The molecule has 11 heteroatoms. The van der Waals surface area contributed by atoms with E-state index in [1.54, 1.807) is 11.0 Å². The molecule has 0 saturated carbocycles. The quantitative estimate of drug-likeness (QED) is 0.351. The lowest BCUT2D eigenvalue weighted by Gasteiger charge is -2.30. The summed E-state index contributed by atoms with van der Waals surface area (Å²) in [6, 6.07) is 3.18. The molecule has 0 radical (unpaired) electrons. The van der Waals surface area contributed by atoms with Crippen molar-refractivity contribution in [2.75, 3.05) is 53.2 Å². The van der Waals surface area contributed by atoms with Crippen LogP contribution >= 0.6 is 0 Å². The van der Waals surface area contributed by atoms with Crippen LogP contribution in [0.5, 0.6) is 17.2 Å². The Morgan fingerprint density at radius 2 is 2.03 bits per heavy atom. The molecule has 3 aliphatic rings. The van der Waals surface area contributed by atoms with Gasteiger partial charge in [0.1, 0.15) is 0 Å². The predicted octanol–water partition coefficient (Wildman–Crippen LogP) is 2.88. The number of amides is 2. The van der Waals surface area contributed by atoms with Gasteiger partial charge in [0, 0.05) is 44.6 Å². The molecule has 11 nitrogen and oxygen atoms in total. The van der Waals surface area contributed by atoms with E-state index < -0.39 is 23.8 Å². The number of rotatable bonds is 14. The Bertz CT molecular complexity index is 1030. The van der Waals surface area contributed by atoms with Crippen molar-refractivity contribution in [3.63, 3.8) is 0 Å². The van der Waals surface area contributed by atoms with Crippen molar-refractivity contribution in [2.24, 2.45) is 5.92 Å². The molecule has 3 aliphatic heterocycles. The number of carbonyl (C=O) groups excluding carboxylic acids is 2. The normalized spacial score (nSPS) is 22.5. The van der Waals surface area contributed by atoms with Gasteiger partial charge in [0.2, 0.25) is 18.4 Å². The van der Waals surface area contributed by atoms with E-state index in [4.69, 9.17) is 19.0 Å². The van der Waals surface area contributed by atoms with Gasteiger partial charge in [-0.15, -0.1) is 0 Å². The predicted molar refractivity (Wildman–Crippen MR) is 142 cm³/mol. The average Bonchev–Trinajstić information content (AvgIpc) is 3.65. The molecular formula is C28H41N3O8. The molecular weight excluding hydrogens is 506 g/mol. The van der Waals surface area contributed by atoms with E-state index in [1.165, 1.54) is 12.2 Å². The summed E-state index contributed by atoms with van der Waals surface area (Å²) in [4.78, 5) is 48.0. The second-order valence-corrected chi connectivity index (χ2v) is 10.4. The molecule has 0 unspecified atom stereocenters. The SMILES string of the molecule is CCCCN(OCCC)C(=O)CN1C[C@H](c2cc(OC)c3c(c2)OCO3)[C@H](C(=O)O)[C@H]1CCN1CCCC1=O. The number of hydrogen-bond donors (Lipinski definition) is 1. The zero-order valence-electron chi connectivity index (χ0n) is 23.2. The second kappa shape index (κ2) is 13.3. The minimum absolute atomic E-state index is 0.0357. The number of likely N-dealkylation sites (tertiary alicyclic amines) is 2. The molecule has 216 valence electrons. The van der Waals surface area contributed by atoms with Crippen LogP contribution in [0.25, 0.3) is 0 Å².